The van der Waals surface area contributed by atoms with Crippen LogP contribution in [0.15, 0.2) is 48.5 Å². The average molecular weight is 254 g/mol. The standard InChI is InChI=1S/C18H22O/c1-13(2)14-9-5-6-10-15(14)16-11-7-8-12-17(16)18(3,4)19/h5-13,19H,1-4H3. The minimum atomic E-state index is -0.833. The van der Waals surface area contributed by atoms with Crippen molar-refractivity contribution in [1.29, 1.82) is 0 Å². The minimum absolute atomic E-state index is 0.464. The van der Waals surface area contributed by atoms with Crippen molar-refractivity contribution >= 4 is 0 Å². The van der Waals surface area contributed by atoms with Gasteiger partial charge in [0.2, 0.25) is 0 Å². The highest BCUT2D eigenvalue weighted by atomic mass is 16.3. The molecular weight excluding hydrogens is 232 g/mol. The Morgan fingerprint density at radius 2 is 1.37 bits per heavy atom. The second kappa shape index (κ2) is 5.18. The van der Waals surface area contributed by atoms with Crippen molar-refractivity contribution in [2.75, 3.05) is 0 Å². The molecule has 0 spiro atoms. The summed E-state index contributed by atoms with van der Waals surface area (Å²) in [6, 6.07) is 16.5. The zero-order valence-electron chi connectivity index (χ0n) is 12.1. The molecule has 0 aliphatic rings. The smallest absolute Gasteiger partial charge is 0.0846 e. The molecule has 0 radical (unpaired) electrons. The Balaban J connectivity index is 2.67. The van der Waals surface area contributed by atoms with Crippen molar-refractivity contribution in [3.8, 4) is 11.1 Å². The lowest BCUT2D eigenvalue weighted by atomic mass is 9.85. The van der Waals surface area contributed by atoms with Crippen molar-refractivity contribution in [2.24, 2.45) is 0 Å². The summed E-state index contributed by atoms with van der Waals surface area (Å²) in [5.41, 5.74) is 3.80. The molecule has 0 saturated heterocycles. The minimum Gasteiger partial charge on any atom is -0.386 e. The number of aliphatic hydroxyl groups is 1. The van der Waals surface area contributed by atoms with Gasteiger partial charge in [0.05, 0.1) is 5.60 Å². The molecular formula is C18H22O. The molecule has 0 atom stereocenters. The molecule has 0 bridgehead atoms. The van der Waals surface area contributed by atoms with Crippen LogP contribution in [0.1, 0.15) is 44.7 Å². The van der Waals surface area contributed by atoms with Crippen LogP contribution in [0.5, 0.6) is 0 Å². The first kappa shape index (κ1) is 13.8. The molecule has 0 saturated carbocycles. The number of hydrogen-bond acceptors (Lipinski definition) is 1. The van der Waals surface area contributed by atoms with Crippen LogP contribution in [0.2, 0.25) is 0 Å². The topological polar surface area (TPSA) is 20.2 Å². The van der Waals surface area contributed by atoms with Gasteiger partial charge in [0.1, 0.15) is 0 Å². The summed E-state index contributed by atoms with van der Waals surface area (Å²) in [6.07, 6.45) is 0. The summed E-state index contributed by atoms with van der Waals surface area (Å²) < 4.78 is 0. The summed E-state index contributed by atoms with van der Waals surface area (Å²) in [4.78, 5) is 0. The molecule has 19 heavy (non-hydrogen) atoms. The SMILES string of the molecule is CC(C)c1ccccc1-c1ccccc1C(C)(C)O. The van der Waals surface area contributed by atoms with Crippen LogP contribution >= 0.6 is 0 Å². The quantitative estimate of drug-likeness (QED) is 0.841. The summed E-state index contributed by atoms with van der Waals surface area (Å²) >= 11 is 0. The first-order valence-corrected chi connectivity index (χ1v) is 6.82. The molecule has 2 aromatic rings. The summed E-state index contributed by atoms with van der Waals surface area (Å²) in [5.74, 6) is 0.464. The lowest BCUT2D eigenvalue weighted by Crippen LogP contribution is -2.17. The fourth-order valence-electron chi connectivity index (χ4n) is 2.50. The molecule has 0 aromatic heterocycles. The number of rotatable bonds is 3. The Morgan fingerprint density at radius 1 is 0.842 bits per heavy atom. The number of benzene rings is 2. The van der Waals surface area contributed by atoms with Gasteiger partial charge in [0.15, 0.2) is 0 Å². The second-order valence-electron chi connectivity index (χ2n) is 5.85. The molecule has 1 nitrogen and oxygen atoms in total. The lowest BCUT2D eigenvalue weighted by Gasteiger charge is -2.23. The molecule has 0 amide bonds. The van der Waals surface area contributed by atoms with Crippen LogP contribution in [0, 0.1) is 0 Å². The van der Waals surface area contributed by atoms with Gasteiger partial charge < -0.3 is 5.11 Å². The molecule has 0 aliphatic carbocycles. The summed E-state index contributed by atoms with van der Waals surface area (Å²) in [5, 5.41) is 10.4. The van der Waals surface area contributed by atoms with Gasteiger partial charge >= 0.3 is 0 Å². The van der Waals surface area contributed by atoms with Gasteiger partial charge in [0.25, 0.3) is 0 Å². The third-order valence-corrected chi connectivity index (χ3v) is 3.46. The molecule has 0 heterocycles. The van der Waals surface area contributed by atoms with E-state index in [1.54, 1.807) is 0 Å². The van der Waals surface area contributed by atoms with Gasteiger partial charge in [-0.15, -0.1) is 0 Å². The van der Waals surface area contributed by atoms with Crippen LogP contribution in [-0.2, 0) is 5.60 Å². The fourth-order valence-corrected chi connectivity index (χ4v) is 2.50. The van der Waals surface area contributed by atoms with E-state index in [4.69, 9.17) is 0 Å². The van der Waals surface area contributed by atoms with Crippen molar-refractivity contribution in [1.82, 2.24) is 0 Å². The molecule has 0 fully saturated rings. The predicted octanol–water partition coefficient (Wildman–Crippen LogP) is 4.70. The van der Waals surface area contributed by atoms with E-state index in [0.717, 1.165) is 11.1 Å². The molecule has 1 heteroatoms. The molecule has 0 unspecified atom stereocenters. The maximum absolute atomic E-state index is 10.4. The summed E-state index contributed by atoms with van der Waals surface area (Å²) in [6.45, 7) is 8.07. The normalized spacial score (nSPS) is 11.9. The van der Waals surface area contributed by atoms with Gasteiger partial charge in [-0.05, 0) is 42.0 Å². The Bertz CT molecular complexity index is 562. The first-order chi connectivity index (χ1) is 8.91. The Hall–Kier alpha value is -1.60. The maximum Gasteiger partial charge on any atom is 0.0846 e. The van der Waals surface area contributed by atoms with Gasteiger partial charge in [-0.25, -0.2) is 0 Å². The molecule has 2 aromatic carbocycles. The van der Waals surface area contributed by atoms with Gasteiger partial charge in [-0.3, -0.25) is 0 Å². The van der Waals surface area contributed by atoms with Crippen molar-refractivity contribution in [3.05, 3.63) is 59.7 Å². The highest BCUT2D eigenvalue weighted by molar-refractivity contribution is 5.72. The van der Waals surface area contributed by atoms with Crippen LogP contribution < -0.4 is 0 Å². The van der Waals surface area contributed by atoms with E-state index in [-0.39, 0.29) is 0 Å². The van der Waals surface area contributed by atoms with Crippen molar-refractivity contribution < 1.29 is 5.11 Å². The van der Waals surface area contributed by atoms with Crippen LogP contribution in [0.25, 0.3) is 11.1 Å². The predicted molar refractivity (Wildman–Crippen MR) is 81.2 cm³/mol. The van der Waals surface area contributed by atoms with Crippen LogP contribution in [0.3, 0.4) is 0 Å². The zero-order valence-corrected chi connectivity index (χ0v) is 12.1. The lowest BCUT2D eigenvalue weighted by molar-refractivity contribution is 0.0792. The Kier molecular flexibility index (Phi) is 3.77. The molecule has 0 aliphatic heterocycles. The van der Waals surface area contributed by atoms with E-state index < -0.39 is 5.60 Å². The molecule has 1 N–H and O–H groups in total. The third kappa shape index (κ3) is 2.87. The maximum atomic E-state index is 10.4. The fraction of sp³-hybridized carbons (Fsp3) is 0.333. The van der Waals surface area contributed by atoms with E-state index >= 15 is 0 Å². The van der Waals surface area contributed by atoms with Crippen molar-refractivity contribution in [3.63, 3.8) is 0 Å². The monoisotopic (exact) mass is 254 g/mol. The highest BCUT2D eigenvalue weighted by Crippen LogP contribution is 2.35. The summed E-state index contributed by atoms with van der Waals surface area (Å²) in [7, 11) is 0. The van der Waals surface area contributed by atoms with Gasteiger partial charge in [-0.1, -0.05) is 62.4 Å². The van der Waals surface area contributed by atoms with Gasteiger partial charge in [0, 0.05) is 0 Å². The van der Waals surface area contributed by atoms with Crippen LogP contribution in [-0.4, -0.2) is 5.11 Å². The van der Waals surface area contributed by atoms with E-state index in [0.29, 0.717) is 5.92 Å². The van der Waals surface area contributed by atoms with Crippen molar-refractivity contribution in [2.45, 2.75) is 39.2 Å². The first-order valence-electron chi connectivity index (χ1n) is 6.82. The van der Waals surface area contributed by atoms with E-state index in [1.165, 1.54) is 11.1 Å². The Morgan fingerprint density at radius 3 is 1.95 bits per heavy atom. The highest BCUT2D eigenvalue weighted by Gasteiger charge is 2.21. The largest absolute Gasteiger partial charge is 0.386 e. The average Bonchev–Trinajstić information content (AvgIpc) is 2.37. The Labute approximate surface area is 115 Å². The van der Waals surface area contributed by atoms with E-state index in [1.807, 2.05) is 32.0 Å². The zero-order chi connectivity index (χ0) is 14.0. The third-order valence-electron chi connectivity index (χ3n) is 3.46. The molecule has 2 rings (SSSR count). The number of hydrogen-bond donors (Lipinski definition) is 1. The molecule has 100 valence electrons. The van der Waals surface area contributed by atoms with Gasteiger partial charge in [-0.2, -0.15) is 0 Å². The van der Waals surface area contributed by atoms with E-state index in [9.17, 15) is 5.11 Å². The van der Waals surface area contributed by atoms with Crippen LogP contribution in [0.4, 0.5) is 0 Å². The van der Waals surface area contributed by atoms with E-state index in [2.05, 4.69) is 44.2 Å². The second-order valence-corrected chi connectivity index (χ2v) is 5.85.